The third-order valence-electron chi connectivity index (χ3n) is 3.08. The van der Waals surface area contributed by atoms with Crippen molar-refractivity contribution in [2.24, 2.45) is 0 Å². The number of aryl methyl sites for hydroxylation is 2. The summed E-state index contributed by atoms with van der Waals surface area (Å²) in [7, 11) is 0. The van der Waals surface area contributed by atoms with Crippen LogP contribution in [0.15, 0.2) is 30.6 Å². The van der Waals surface area contributed by atoms with E-state index in [1.165, 1.54) is 16.9 Å². The smallest absolute Gasteiger partial charge is 0.0952 e. The summed E-state index contributed by atoms with van der Waals surface area (Å²) in [4.78, 5) is 4.29. The zero-order valence-corrected chi connectivity index (χ0v) is 10.7. The average molecular weight is 229 g/mol. The second kappa shape index (κ2) is 5.04. The SMILES string of the molecule is Cc1ccc(NCCn2cnc(C)c2C)cc1. The number of hydrogen-bond acceptors (Lipinski definition) is 2. The highest BCUT2D eigenvalue weighted by atomic mass is 15.1. The van der Waals surface area contributed by atoms with E-state index in [4.69, 9.17) is 0 Å². The molecule has 1 heterocycles. The fraction of sp³-hybridized carbons (Fsp3) is 0.357. The van der Waals surface area contributed by atoms with E-state index in [0.29, 0.717) is 0 Å². The molecule has 1 aromatic heterocycles. The first-order chi connectivity index (χ1) is 8.16. The Balaban J connectivity index is 1.87. The molecule has 0 saturated carbocycles. The van der Waals surface area contributed by atoms with Gasteiger partial charge in [-0.25, -0.2) is 4.98 Å². The van der Waals surface area contributed by atoms with Crippen LogP contribution in [0.2, 0.25) is 0 Å². The Morgan fingerprint density at radius 3 is 2.41 bits per heavy atom. The molecule has 0 spiro atoms. The minimum Gasteiger partial charge on any atom is -0.383 e. The van der Waals surface area contributed by atoms with Gasteiger partial charge < -0.3 is 9.88 Å². The van der Waals surface area contributed by atoms with Gasteiger partial charge >= 0.3 is 0 Å². The topological polar surface area (TPSA) is 29.9 Å². The van der Waals surface area contributed by atoms with Crippen molar-refractivity contribution < 1.29 is 0 Å². The van der Waals surface area contributed by atoms with E-state index >= 15 is 0 Å². The van der Waals surface area contributed by atoms with E-state index in [-0.39, 0.29) is 0 Å². The highest BCUT2D eigenvalue weighted by Gasteiger charge is 2.00. The third-order valence-corrected chi connectivity index (χ3v) is 3.08. The van der Waals surface area contributed by atoms with Crippen molar-refractivity contribution in [2.45, 2.75) is 27.3 Å². The van der Waals surface area contributed by atoms with Gasteiger partial charge in [-0.3, -0.25) is 0 Å². The van der Waals surface area contributed by atoms with Crippen LogP contribution in [-0.4, -0.2) is 16.1 Å². The molecular weight excluding hydrogens is 210 g/mol. The Morgan fingerprint density at radius 2 is 1.82 bits per heavy atom. The van der Waals surface area contributed by atoms with Crippen molar-refractivity contribution in [2.75, 3.05) is 11.9 Å². The lowest BCUT2D eigenvalue weighted by atomic mass is 10.2. The molecule has 2 aromatic rings. The lowest BCUT2D eigenvalue weighted by Crippen LogP contribution is -2.10. The summed E-state index contributed by atoms with van der Waals surface area (Å²) in [5.41, 5.74) is 4.82. The fourth-order valence-electron chi connectivity index (χ4n) is 1.76. The quantitative estimate of drug-likeness (QED) is 0.873. The predicted octanol–water partition coefficient (Wildman–Crippen LogP) is 2.92. The summed E-state index contributed by atoms with van der Waals surface area (Å²) in [5, 5.41) is 3.41. The molecule has 90 valence electrons. The van der Waals surface area contributed by atoms with Gasteiger partial charge in [0.25, 0.3) is 0 Å². The average Bonchev–Trinajstić information content (AvgIpc) is 2.64. The molecule has 17 heavy (non-hydrogen) atoms. The number of nitrogens with zero attached hydrogens (tertiary/aromatic N) is 2. The van der Waals surface area contributed by atoms with Crippen LogP contribution in [0, 0.1) is 20.8 Å². The molecule has 2 rings (SSSR count). The maximum absolute atomic E-state index is 4.29. The van der Waals surface area contributed by atoms with Gasteiger partial charge in [-0.05, 0) is 32.9 Å². The summed E-state index contributed by atoms with van der Waals surface area (Å²) in [6, 6.07) is 8.46. The van der Waals surface area contributed by atoms with Gasteiger partial charge in [-0.15, -0.1) is 0 Å². The van der Waals surface area contributed by atoms with Gasteiger partial charge in [-0.2, -0.15) is 0 Å². The molecule has 0 aliphatic heterocycles. The van der Waals surface area contributed by atoms with E-state index < -0.39 is 0 Å². The van der Waals surface area contributed by atoms with E-state index in [1.54, 1.807) is 0 Å². The maximum atomic E-state index is 4.29. The van der Waals surface area contributed by atoms with Crippen LogP contribution in [0.3, 0.4) is 0 Å². The monoisotopic (exact) mass is 229 g/mol. The van der Waals surface area contributed by atoms with Crippen LogP contribution in [-0.2, 0) is 6.54 Å². The molecule has 0 fully saturated rings. The molecular formula is C14H19N3. The Morgan fingerprint density at radius 1 is 1.12 bits per heavy atom. The molecule has 0 unspecified atom stereocenters. The fourth-order valence-corrected chi connectivity index (χ4v) is 1.76. The standard InChI is InChI=1S/C14H19N3/c1-11-4-6-14(7-5-11)15-8-9-17-10-16-12(2)13(17)3/h4-7,10,15H,8-9H2,1-3H3. The lowest BCUT2D eigenvalue weighted by molar-refractivity contribution is 0.705. The van der Waals surface area contributed by atoms with E-state index in [1.807, 2.05) is 13.3 Å². The van der Waals surface area contributed by atoms with Gasteiger partial charge in [0.05, 0.1) is 12.0 Å². The van der Waals surface area contributed by atoms with Crippen molar-refractivity contribution in [3.8, 4) is 0 Å². The van der Waals surface area contributed by atoms with Crippen molar-refractivity contribution in [1.29, 1.82) is 0 Å². The van der Waals surface area contributed by atoms with Crippen LogP contribution < -0.4 is 5.32 Å². The van der Waals surface area contributed by atoms with Gasteiger partial charge in [0, 0.05) is 24.5 Å². The molecule has 0 bridgehead atoms. The first kappa shape index (κ1) is 11.7. The summed E-state index contributed by atoms with van der Waals surface area (Å²) in [6.07, 6.45) is 1.90. The minimum atomic E-state index is 0.916. The first-order valence-electron chi connectivity index (χ1n) is 5.95. The highest BCUT2D eigenvalue weighted by molar-refractivity contribution is 5.44. The number of benzene rings is 1. The number of imidazole rings is 1. The van der Waals surface area contributed by atoms with E-state index in [0.717, 1.165) is 18.8 Å². The number of nitrogens with one attached hydrogen (secondary N) is 1. The van der Waals surface area contributed by atoms with Gasteiger partial charge in [0.1, 0.15) is 0 Å². The van der Waals surface area contributed by atoms with E-state index in [2.05, 4.69) is 53.0 Å². The van der Waals surface area contributed by atoms with Crippen LogP contribution in [0.4, 0.5) is 5.69 Å². The van der Waals surface area contributed by atoms with Crippen LogP contribution >= 0.6 is 0 Å². The molecule has 0 radical (unpaired) electrons. The van der Waals surface area contributed by atoms with Crippen molar-refractivity contribution in [1.82, 2.24) is 9.55 Å². The van der Waals surface area contributed by atoms with E-state index in [9.17, 15) is 0 Å². The van der Waals surface area contributed by atoms with Crippen molar-refractivity contribution >= 4 is 5.69 Å². The predicted molar refractivity (Wildman–Crippen MR) is 71.4 cm³/mol. The normalized spacial score (nSPS) is 10.5. The number of aromatic nitrogens is 2. The highest BCUT2D eigenvalue weighted by Crippen LogP contribution is 2.09. The second-order valence-electron chi connectivity index (χ2n) is 4.40. The van der Waals surface area contributed by atoms with Crippen LogP contribution in [0.1, 0.15) is 17.0 Å². The third kappa shape index (κ3) is 2.87. The molecule has 1 aromatic carbocycles. The molecule has 0 amide bonds. The molecule has 3 heteroatoms. The number of rotatable bonds is 4. The summed E-state index contributed by atoms with van der Waals surface area (Å²) in [5.74, 6) is 0. The molecule has 0 saturated heterocycles. The Bertz CT molecular complexity index is 483. The Kier molecular flexibility index (Phi) is 3.47. The van der Waals surface area contributed by atoms with Gasteiger partial charge in [-0.1, -0.05) is 17.7 Å². The summed E-state index contributed by atoms with van der Waals surface area (Å²) >= 11 is 0. The van der Waals surface area contributed by atoms with Gasteiger partial charge in [0.2, 0.25) is 0 Å². The summed E-state index contributed by atoms with van der Waals surface area (Å²) < 4.78 is 2.18. The van der Waals surface area contributed by atoms with Crippen LogP contribution in [0.5, 0.6) is 0 Å². The molecule has 3 nitrogen and oxygen atoms in total. The Labute approximate surface area is 103 Å². The Hall–Kier alpha value is -1.77. The minimum absolute atomic E-state index is 0.916. The van der Waals surface area contributed by atoms with Crippen molar-refractivity contribution in [3.63, 3.8) is 0 Å². The summed E-state index contributed by atoms with van der Waals surface area (Å²) in [6.45, 7) is 8.11. The van der Waals surface area contributed by atoms with Crippen LogP contribution in [0.25, 0.3) is 0 Å². The molecule has 0 aliphatic rings. The number of anilines is 1. The lowest BCUT2D eigenvalue weighted by Gasteiger charge is -2.08. The van der Waals surface area contributed by atoms with Gasteiger partial charge in [0.15, 0.2) is 0 Å². The number of hydrogen-bond donors (Lipinski definition) is 1. The zero-order valence-electron chi connectivity index (χ0n) is 10.7. The second-order valence-corrected chi connectivity index (χ2v) is 4.40. The molecule has 1 N–H and O–H groups in total. The largest absolute Gasteiger partial charge is 0.383 e. The molecule has 0 aliphatic carbocycles. The first-order valence-corrected chi connectivity index (χ1v) is 5.95. The molecule has 0 atom stereocenters. The zero-order chi connectivity index (χ0) is 12.3. The van der Waals surface area contributed by atoms with Crippen molar-refractivity contribution in [3.05, 3.63) is 47.5 Å². The maximum Gasteiger partial charge on any atom is 0.0952 e.